The second-order valence-corrected chi connectivity index (χ2v) is 5.68. The minimum absolute atomic E-state index is 0. The Labute approximate surface area is 160 Å². The van der Waals surface area contributed by atoms with Gasteiger partial charge < -0.3 is 27.2 Å². The van der Waals surface area contributed by atoms with Crippen LogP contribution in [0.2, 0.25) is 0 Å². The van der Waals surface area contributed by atoms with Gasteiger partial charge in [0.1, 0.15) is 6.61 Å². The van der Waals surface area contributed by atoms with Gasteiger partial charge in [-0.15, -0.1) is 0 Å². The second kappa shape index (κ2) is 10.4. The number of halogens is 1. The average Bonchev–Trinajstić information content (AvgIpc) is 2.68. The Morgan fingerprint density at radius 3 is 2.35 bits per heavy atom. The summed E-state index contributed by atoms with van der Waals surface area (Å²) in [5.74, 6) is 1.54. The molecule has 5 heteroatoms. The Morgan fingerprint density at radius 2 is 1.62 bits per heavy atom. The van der Waals surface area contributed by atoms with E-state index in [1.54, 1.807) is 19.5 Å². The molecule has 0 unspecified atom stereocenters. The number of aromatic nitrogens is 1. The Bertz CT molecular complexity index is 783. The Kier molecular flexibility index (Phi) is 7.93. The summed E-state index contributed by atoms with van der Waals surface area (Å²) in [5, 5.41) is 3.44. The van der Waals surface area contributed by atoms with Crippen LogP contribution in [0.4, 0.5) is 0 Å². The lowest BCUT2D eigenvalue weighted by molar-refractivity contribution is -0.00000566. The van der Waals surface area contributed by atoms with Crippen molar-refractivity contribution in [3.63, 3.8) is 0 Å². The van der Waals surface area contributed by atoms with Crippen LogP contribution in [0.1, 0.15) is 16.7 Å². The van der Waals surface area contributed by atoms with E-state index in [4.69, 9.17) is 9.47 Å². The maximum Gasteiger partial charge on any atom is 0.166 e. The van der Waals surface area contributed by atoms with E-state index in [9.17, 15) is 0 Å². The van der Waals surface area contributed by atoms with E-state index in [1.807, 2.05) is 42.5 Å². The molecule has 4 nitrogen and oxygen atoms in total. The molecule has 1 N–H and O–H groups in total. The molecule has 0 aliphatic rings. The van der Waals surface area contributed by atoms with Crippen molar-refractivity contribution in [1.29, 1.82) is 0 Å². The molecule has 26 heavy (non-hydrogen) atoms. The minimum Gasteiger partial charge on any atom is -1.00 e. The van der Waals surface area contributed by atoms with Crippen LogP contribution in [0.3, 0.4) is 0 Å². The number of methoxy groups -OCH3 is 1. The van der Waals surface area contributed by atoms with E-state index in [-0.39, 0.29) is 12.4 Å². The first-order chi connectivity index (χ1) is 12.4. The van der Waals surface area contributed by atoms with Crippen molar-refractivity contribution in [2.45, 2.75) is 19.7 Å². The van der Waals surface area contributed by atoms with Crippen LogP contribution in [-0.4, -0.2) is 12.1 Å². The van der Waals surface area contributed by atoms with Gasteiger partial charge in [0, 0.05) is 31.0 Å². The third kappa shape index (κ3) is 5.48. The molecule has 0 fully saturated rings. The average molecular weight is 370 g/mol. The lowest BCUT2D eigenvalue weighted by Crippen LogP contribution is -3.00. The van der Waals surface area contributed by atoms with E-state index in [1.165, 1.54) is 5.56 Å². The number of hydrogen-bond donors (Lipinski definition) is 1. The molecule has 0 aliphatic carbocycles. The van der Waals surface area contributed by atoms with Crippen molar-refractivity contribution in [1.82, 2.24) is 10.3 Å². The molecule has 0 saturated carbocycles. The number of rotatable bonds is 8. The van der Waals surface area contributed by atoms with Crippen molar-refractivity contribution < 1.29 is 21.9 Å². The van der Waals surface area contributed by atoms with Gasteiger partial charge in [0.25, 0.3) is 0 Å². The summed E-state index contributed by atoms with van der Waals surface area (Å²) >= 11 is 0. The van der Waals surface area contributed by atoms with Gasteiger partial charge in [-0.2, -0.15) is 0 Å². The summed E-state index contributed by atoms with van der Waals surface area (Å²) in [6, 6.07) is 20.1. The number of ether oxygens (including phenoxy) is 2. The predicted molar refractivity (Wildman–Crippen MR) is 98.5 cm³/mol. The molecule has 0 spiro atoms. The molecule has 0 atom stereocenters. The topological polar surface area (TPSA) is 43.4 Å². The first kappa shape index (κ1) is 19.8. The van der Waals surface area contributed by atoms with Crippen molar-refractivity contribution >= 4 is 0 Å². The van der Waals surface area contributed by atoms with E-state index >= 15 is 0 Å². The summed E-state index contributed by atoms with van der Waals surface area (Å²) in [6.07, 6.45) is 3.61. The molecule has 3 rings (SSSR count). The van der Waals surface area contributed by atoms with Crippen molar-refractivity contribution in [3.8, 4) is 11.5 Å². The zero-order valence-corrected chi connectivity index (χ0v) is 15.4. The fourth-order valence-electron chi connectivity index (χ4n) is 2.60. The fourth-order valence-corrected chi connectivity index (χ4v) is 2.60. The molecule has 0 amide bonds. The SMILES string of the molecule is COc1cccc(CNCc2ccncc2)c1OCc1ccccc1.[Cl-]. The summed E-state index contributed by atoms with van der Waals surface area (Å²) in [6.45, 7) is 1.99. The highest BCUT2D eigenvalue weighted by atomic mass is 35.5. The van der Waals surface area contributed by atoms with Crippen LogP contribution in [0.25, 0.3) is 0 Å². The Hall–Kier alpha value is -2.56. The minimum atomic E-state index is 0. The van der Waals surface area contributed by atoms with E-state index < -0.39 is 0 Å². The van der Waals surface area contributed by atoms with Gasteiger partial charge >= 0.3 is 0 Å². The van der Waals surface area contributed by atoms with Crippen molar-refractivity contribution in [2.75, 3.05) is 7.11 Å². The molecule has 0 saturated heterocycles. The highest BCUT2D eigenvalue weighted by Gasteiger charge is 2.10. The quantitative estimate of drug-likeness (QED) is 0.642. The highest BCUT2D eigenvalue weighted by molar-refractivity contribution is 5.46. The van der Waals surface area contributed by atoms with Gasteiger partial charge in [-0.25, -0.2) is 0 Å². The molecular weight excluding hydrogens is 348 g/mol. The van der Waals surface area contributed by atoms with Gasteiger partial charge in [-0.3, -0.25) is 4.98 Å². The normalized spacial score (nSPS) is 10.0. The number of benzene rings is 2. The third-order valence-corrected chi connectivity index (χ3v) is 3.90. The lowest BCUT2D eigenvalue weighted by Gasteiger charge is -2.16. The highest BCUT2D eigenvalue weighted by Crippen LogP contribution is 2.31. The second-order valence-electron chi connectivity index (χ2n) is 5.68. The monoisotopic (exact) mass is 369 g/mol. The van der Waals surface area contributed by atoms with Gasteiger partial charge in [0.2, 0.25) is 0 Å². The third-order valence-electron chi connectivity index (χ3n) is 3.90. The van der Waals surface area contributed by atoms with Crippen LogP contribution < -0.4 is 27.2 Å². The molecule has 136 valence electrons. The first-order valence-electron chi connectivity index (χ1n) is 8.29. The first-order valence-corrected chi connectivity index (χ1v) is 8.29. The largest absolute Gasteiger partial charge is 1.00 e. The van der Waals surface area contributed by atoms with Gasteiger partial charge in [-0.05, 0) is 29.3 Å². The zero-order valence-electron chi connectivity index (χ0n) is 14.7. The van der Waals surface area contributed by atoms with Crippen molar-refractivity contribution in [2.24, 2.45) is 0 Å². The molecule has 1 heterocycles. The predicted octanol–water partition coefficient (Wildman–Crippen LogP) is 0.963. The van der Waals surface area contributed by atoms with Gasteiger partial charge in [-0.1, -0.05) is 42.5 Å². The fraction of sp³-hybridized carbons (Fsp3) is 0.190. The molecular formula is C21H22ClN2O2-. The van der Waals surface area contributed by atoms with Crippen LogP contribution >= 0.6 is 0 Å². The number of nitrogens with one attached hydrogen (secondary N) is 1. The molecule has 0 bridgehead atoms. The van der Waals surface area contributed by atoms with E-state index in [0.717, 1.165) is 29.2 Å². The van der Waals surface area contributed by atoms with E-state index in [2.05, 4.69) is 28.5 Å². The van der Waals surface area contributed by atoms with Gasteiger partial charge in [0.05, 0.1) is 7.11 Å². The van der Waals surface area contributed by atoms with E-state index in [0.29, 0.717) is 13.2 Å². The smallest absolute Gasteiger partial charge is 0.166 e. The maximum atomic E-state index is 6.07. The molecule has 0 radical (unpaired) electrons. The van der Waals surface area contributed by atoms with Crippen LogP contribution in [0.15, 0.2) is 73.1 Å². The van der Waals surface area contributed by atoms with Gasteiger partial charge in [0.15, 0.2) is 11.5 Å². The van der Waals surface area contributed by atoms with Crippen LogP contribution in [0.5, 0.6) is 11.5 Å². The molecule has 0 aliphatic heterocycles. The molecule has 3 aromatic rings. The summed E-state index contributed by atoms with van der Waals surface area (Å²) < 4.78 is 11.6. The lowest BCUT2D eigenvalue weighted by atomic mass is 10.1. The molecule has 1 aromatic heterocycles. The summed E-state index contributed by atoms with van der Waals surface area (Å²) in [7, 11) is 1.67. The number of nitrogens with zero attached hydrogens (tertiary/aromatic N) is 1. The zero-order chi connectivity index (χ0) is 17.3. The number of para-hydroxylation sites is 1. The van der Waals surface area contributed by atoms with Crippen molar-refractivity contribution in [3.05, 3.63) is 89.7 Å². The summed E-state index contributed by atoms with van der Waals surface area (Å²) in [5.41, 5.74) is 3.40. The summed E-state index contributed by atoms with van der Waals surface area (Å²) in [4.78, 5) is 4.04. The molecule has 2 aromatic carbocycles. The standard InChI is InChI=1S/C21H22N2O2.ClH/c1-24-20-9-5-8-19(15-23-14-17-10-12-22-13-11-17)21(20)25-16-18-6-3-2-4-7-18;/h2-13,23H,14-16H2,1H3;1H/p-1. The Balaban J connectivity index is 0.00000243. The maximum absolute atomic E-state index is 6.07. The van der Waals surface area contributed by atoms with Crippen LogP contribution in [-0.2, 0) is 19.7 Å². The Morgan fingerprint density at radius 1 is 0.846 bits per heavy atom. The number of hydrogen-bond acceptors (Lipinski definition) is 4. The van der Waals surface area contributed by atoms with Crippen LogP contribution in [0, 0.1) is 0 Å². The number of pyridine rings is 1.